The number of nitrogens with zero attached hydrogens (tertiary/aromatic N) is 1. The van der Waals surface area contributed by atoms with E-state index in [1.807, 2.05) is 0 Å². The minimum absolute atomic E-state index is 0.00651. The van der Waals surface area contributed by atoms with Crippen LogP contribution in [-0.2, 0) is 4.74 Å². The Morgan fingerprint density at radius 2 is 2.50 bits per heavy atom. The van der Waals surface area contributed by atoms with Crippen LogP contribution in [0.4, 0.5) is 8.78 Å². The number of alkyl halides is 2. The quantitative estimate of drug-likeness (QED) is 0.842. The van der Waals surface area contributed by atoms with Crippen molar-refractivity contribution in [3.8, 4) is 0 Å². The second-order valence-electron chi connectivity index (χ2n) is 4.28. The van der Waals surface area contributed by atoms with Crippen molar-refractivity contribution in [3.05, 3.63) is 17.5 Å². The summed E-state index contributed by atoms with van der Waals surface area (Å²) >= 11 is 0. The summed E-state index contributed by atoms with van der Waals surface area (Å²) in [6.07, 6.45) is -0.805. The molecule has 1 aliphatic rings. The van der Waals surface area contributed by atoms with Crippen LogP contribution in [0.3, 0.4) is 0 Å². The molecule has 5 nitrogen and oxygen atoms in total. The summed E-state index contributed by atoms with van der Waals surface area (Å²) in [6.45, 7) is 2.01. The highest BCUT2D eigenvalue weighted by atomic mass is 19.3. The lowest BCUT2D eigenvalue weighted by atomic mass is 10.1. The number of aromatic amines is 1. The second kappa shape index (κ2) is 5.90. The smallest absolute Gasteiger partial charge is 0.279 e. The van der Waals surface area contributed by atoms with Crippen LogP contribution in [0.5, 0.6) is 0 Å². The number of nitrogens with one attached hydrogen (secondary N) is 2. The molecule has 1 aromatic rings. The van der Waals surface area contributed by atoms with Crippen molar-refractivity contribution in [2.24, 2.45) is 5.92 Å². The van der Waals surface area contributed by atoms with E-state index < -0.39 is 12.3 Å². The van der Waals surface area contributed by atoms with Gasteiger partial charge in [0, 0.05) is 19.8 Å². The first-order valence-corrected chi connectivity index (χ1v) is 5.86. The monoisotopic (exact) mass is 259 g/mol. The number of ether oxygens (including phenoxy) is 1. The van der Waals surface area contributed by atoms with Gasteiger partial charge in [0.1, 0.15) is 11.4 Å². The molecule has 0 saturated carbocycles. The molecule has 100 valence electrons. The maximum atomic E-state index is 12.3. The van der Waals surface area contributed by atoms with Gasteiger partial charge in [-0.3, -0.25) is 9.89 Å². The predicted molar refractivity (Wildman–Crippen MR) is 59.4 cm³/mol. The summed E-state index contributed by atoms with van der Waals surface area (Å²) in [5.74, 6) is 0.0400. The molecule has 18 heavy (non-hydrogen) atoms. The van der Waals surface area contributed by atoms with Crippen LogP contribution in [0.2, 0.25) is 0 Å². The van der Waals surface area contributed by atoms with Gasteiger partial charge in [-0.25, -0.2) is 8.78 Å². The van der Waals surface area contributed by atoms with E-state index in [0.29, 0.717) is 12.5 Å². The van der Waals surface area contributed by atoms with Gasteiger partial charge in [0.05, 0.1) is 0 Å². The van der Waals surface area contributed by atoms with Gasteiger partial charge in [-0.2, -0.15) is 5.10 Å². The van der Waals surface area contributed by atoms with Crippen LogP contribution < -0.4 is 5.32 Å². The zero-order chi connectivity index (χ0) is 13.0. The summed E-state index contributed by atoms with van der Waals surface area (Å²) in [7, 11) is 0. The minimum Gasteiger partial charge on any atom is -0.381 e. The fourth-order valence-corrected chi connectivity index (χ4v) is 1.86. The molecule has 1 saturated heterocycles. The molecule has 0 aromatic carbocycles. The number of carbonyl (C=O) groups excluding carboxylic acids is 1. The normalized spacial score (nSPS) is 19.4. The topological polar surface area (TPSA) is 67.0 Å². The number of carbonyl (C=O) groups is 1. The summed E-state index contributed by atoms with van der Waals surface area (Å²) in [5, 5.41) is 8.34. The van der Waals surface area contributed by atoms with Crippen molar-refractivity contribution in [2.75, 3.05) is 19.8 Å². The van der Waals surface area contributed by atoms with Gasteiger partial charge in [-0.05, 0) is 24.8 Å². The third kappa shape index (κ3) is 3.25. The fourth-order valence-electron chi connectivity index (χ4n) is 1.86. The largest absolute Gasteiger partial charge is 0.381 e. The minimum atomic E-state index is -2.64. The van der Waals surface area contributed by atoms with E-state index in [0.717, 1.165) is 32.1 Å². The lowest BCUT2D eigenvalue weighted by Crippen LogP contribution is -2.26. The number of amides is 1. The number of H-pyrrole nitrogens is 1. The van der Waals surface area contributed by atoms with E-state index in [1.54, 1.807) is 0 Å². The van der Waals surface area contributed by atoms with E-state index >= 15 is 0 Å². The predicted octanol–water partition coefficient (Wildman–Crippen LogP) is 1.50. The van der Waals surface area contributed by atoms with Crippen molar-refractivity contribution < 1.29 is 18.3 Å². The van der Waals surface area contributed by atoms with Crippen molar-refractivity contribution in [1.82, 2.24) is 15.5 Å². The maximum Gasteiger partial charge on any atom is 0.279 e. The van der Waals surface area contributed by atoms with Crippen LogP contribution in [0.1, 0.15) is 35.4 Å². The highest BCUT2D eigenvalue weighted by Gasteiger charge is 2.17. The average molecular weight is 259 g/mol. The van der Waals surface area contributed by atoms with Gasteiger partial charge in [-0.1, -0.05) is 0 Å². The van der Waals surface area contributed by atoms with Crippen LogP contribution in [0, 0.1) is 5.92 Å². The van der Waals surface area contributed by atoms with Crippen molar-refractivity contribution in [1.29, 1.82) is 0 Å². The van der Waals surface area contributed by atoms with Crippen molar-refractivity contribution >= 4 is 5.91 Å². The standard InChI is InChI=1S/C11H15F2N3O2/c12-10(13)8-5-9(16-15-8)11(17)14-3-1-7-2-4-18-6-7/h5,7,10H,1-4,6H2,(H,14,17)(H,15,16). The number of hydrogen-bond acceptors (Lipinski definition) is 3. The molecular weight excluding hydrogens is 244 g/mol. The molecule has 1 aromatic heterocycles. The van der Waals surface area contributed by atoms with Gasteiger partial charge in [-0.15, -0.1) is 0 Å². The third-order valence-electron chi connectivity index (χ3n) is 2.93. The fraction of sp³-hybridized carbons (Fsp3) is 0.636. The first-order valence-electron chi connectivity index (χ1n) is 5.86. The number of hydrogen-bond donors (Lipinski definition) is 2. The summed E-state index contributed by atoms with van der Waals surface area (Å²) in [5.41, 5.74) is -0.350. The molecule has 0 bridgehead atoms. The van der Waals surface area contributed by atoms with Gasteiger partial charge in [0.15, 0.2) is 0 Å². The molecule has 1 unspecified atom stereocenters. The summed E-state index contributed by atoms with van der Waals surface area (Å²) in [4.78, 5) is 11.6. The van der Waals surface area contributed by atoms with E-state index in [4.69, 9.17) is 4.74 Å². The van der Waals surface area contributed by atoms with Crippen molar-refractivity contribution in [3.63, 3.8) is 0 Å². The van der Waals surface area contributed by atoms with Crippen molar-refractivity contribution in [2.45, 2.75) is 19.3 Å². The lowest BCUT2D eigenvalue weighted by molar-refractivity contribution is 0.0945. The van der Waals surface area contributed by atoms with Crippen LogP contribution >= 0.6 is 0 Å². The van der Waals surface area contributed by atoms with Gasteiger partial charge >= 0.3 is 0 Å². The molecular formula is C11H15F2N3O2. The SMILES string of the molecule is O=C(NCCC1CCOC1)c1cc(C(F)F)[nH]n1. The molecule has 2 N–H and O–H groups in total. The Labute approximate surface area is 103 Å². The highest BCUT2D eigenvalue weighted by molar-refractivity contribution is 5.92. The Kier molecular flexibility index (Phi) is 4.24. The number of rotatable bonds is 5. The Morgan fingerprint density at radius 1 is 1.67 bits per heavy atom. The molecule has 1 aliphatic heterocycles. The first-order chi connectivity index (χ1) is 8.66. The summed E-state index contributed by atoms with van der Waals surface area (Å²) in [6, 6.07) is 1.07. The van der Waals surface area contributed by atoms with E-state index in [9.17, 15) is 13.6 Å². The first kappa shape index (κ1) is 12.9. The Balaban J connectivity index is 1.76. The average Bonchev–Trinajstić information content (AvgIpc) is 2.99. The second-order valence-corrected chi connectivity index (χ2v) is 4.28. The van der Waals surface area contributed by atoms with E-state index in [1.165, 1.54) is 0 Å². The van der Waals surface area contributed by atoms with E-state index in [-0.39, 0.29) is 11.4 Å². The van der Waals surface area contributed by atoms with Gasteiger partial charge in [0.25, 0.3) is 12.3 Å². The molecule has 7 heteroatoms. The molecule has 1 atom stereocenters. The van der Waals surface area contributed by atoms with E-state index in [2.05, 4.69) is 15.5 Å². The molecule has 0 radical (unpaired) electrons. The molecule has 2 heterocycles. The maximum absolute atomic E-state index is 12.3. The molecule has 0 spiro atoms. The van der Waals surface area contributed by atoms with Crippen LogP contribution in [0.15, 0.2) is 6.07 Å². The Bertz CT molecular complexity index is 403. The molecule has 1 fully saturated rings. The highest BCUT2D eigenvalue weighted by Crippen LogP contribution is 2.17. The van der Waals surface area contributed by atoms with Crippen LogP contribution in [-0.4, -0.2) is 35.9 Å². The Morgan fingerprint density at radius 3 is 3.11 bits per heavy atom. The van der Waals surface area contributed by atoms with Gasteiger partial charge in [0.2, 0.25) is 0 Å². The number of aromatic nitrogens is 2. The third-order valence-corrected chi connectivity index (χ3v) is 2.93. The zero-order valence-corrected chi connectivity index (χ0v) is 9.79. The number of halogens is 2. The Hall–Kier alpha value is -1.50. The van der Waals surface area contributed by atoms with Crippen LogP contribution in [0.25, 0.3) is 0 Å². The molecule has 1 amide bonds. The van der Waals surface area contributed by atoms with Gasteiger partial charge < -0.3 is 10.1 Å². The molecule has 2 rings (SSSR count). The summed E-state index contributed by atoms with van der Waals surface area (Å²) < 4.78 is 29.8. The zero-order valence-electron chi connectivity index (χ0n) is 9.79. The lowest BCUT2D eigenvalue weighted by Gasteiger charge is -2.07. The molecule has 0 aliphatic carbocycles.